The van der Waals surface area contributed by atoms with Crippen LogP contribution < -0.4 is 51.4 Å². The number of halogens is 3. The molecule has 0 N–H and O–H groups in total. The molecule has 1 aromatic rings. The Bertz CT molecular complexity index is 411. The van der Waals surface area contributed by atoms with Gasteiger partial charge in [-0.15, -0.1) is 5.98 Å². The van der Waals surface area contributed by atoms with E-state index in [1.54, 1.807) is 0 Å². The molecular formula is C8H8BF3KNOS. The fourth-order valence-corrected chi connectivity index (χ4v) is 1.44. The average molecular weight is 273 g/mol. The number of hydrogen-bond acceptors (Lipinski definition) is 2. The van der Waals surface area contributed by atoms with Gasteiger partial charge in [0.2, 0.25) is 0 Å². The fraction of sp³-hybridized carbons (Fsp3) is 0.125. The quantitative estimate of drug-likeness (QED) is 0.676. The van der Waals surface area contributed by atoms with Crippen LogP contribution in [0.4, 0.5) is 12.9 Å². The van der Waals surface area contributed by atoms with Crippen LogP contribution in [0.3, 0.4) is 0 Å². The Morgan fingerprint density at radius 3 is 2.56 bits per heavy atom. The summed E-state index contributed by atoms with van der Waals surface area (Å²) in [7, 11) is -1.21. The minimum absolute atomic E-state index is 0. The van der Waals surface area contributed by atoms with Gasteiger partial charge in [0.05, 0.1) is 5.69 Å². The van der Waals surface area contributed by atoms with Gasteiger partial charge < -0.3 is 12.9 Å². The smallest absolute Gasteiger partial charge is 0.445 e. The fourth-order valence-electron chi connectivity index (χ4n) is 0.906. The molecule has 0 bridgehead atoms. The van der Waals surface area contributed by atoms with Gasteiger partial charge in [-0.25, -0.2) is 0 Å². The average Bonchev–Trinajstić information content (AvgIpc) is 2.14. The van der Waals surface area contributed by atoms with Crippen LogP contribution in [0.15, 0.2) is 29.2 Å². The molecule has 2 nitrogen and oxygen atoms in total. The first-order chi connectivity index (χ1) is 6.88. The van der Waals surface area contributed by atoms with Gasteiger partial charge in [0.1, 0.15) is 0 Å². The van der Waals surface area contributed by atoms with Crippen molar-refractivity contribution in [1.82, 2.24) is 4.98 Å². The van der Waals surface area contributed by atoms with Crippen molar-refractivity contribution in [3.8, 4) is 0 Å². The van der Waals surface area contributed by atoms with Crippen LogP contribution in [0.5, 0.6) is 0 Å². The molecule has 0 radical (unpaired) electrons. The summed E-state index contributed by atoms with van der Waals surface area (Å²) in [5.74, 6) is 0.157. The molecule has 0 aliphatic rings. The van der Waals surface area contributed by atoms with Gasteiger partial charge in [0, 0.05) is 28.1 Å². The maximum atomic E-state index is 11.9. The van der Waals surface area contributed by atoms with Crippen molar-refractivity contribution in [2.24, 2.45) is 0 Å². The van der Waals surface area contributed by atoms with Gasteiger partial charge in [-0.05, 0) is 12.1 Å². The minimum Gasteiger partial charge on any atom is -0.445 e. The Hall–Kier alpha value is 0.531. The summed E-state index contributed by atoms with van der Waals surface area (Å²) >= 11 is 0. The van der Waals surface area contributed by atoms with Gasteiger partial charge in [-0.2, -0.15) is 0 Å². The topological polar surface area (TPSA) is 30.0 Å². The Kier molecular flexibility index (Phi) is 7.31. The monoisotopic (exact) mass is 273 g/mol. The Labute approximate surface area is 137 Å². The molecule has 0 amide bonds. The molecule has 1 rings (SSSR count). The maximum absolute atomic E-state index is 11.9. The molecule has 0 saturated heterocycles. The number of hydrogen-bond donors (Lipinski definition) is 0. The molecule has 16 heavy (non-hydrogen) atoms. The molecule has 0 aliphatic carbocycles. The second-order valence-corrected chi connectivity index (χ2v) is 4.23. The first-order valence-corrected chi connectivity index (χ1v) is 5.63. The first kappa shape index (κ1) is 16.5. The van der Waals surface area contributed by atoms with Crippen molar-refractivity contribution < 1.29 is 68.5 Å². The first-order valence-electron chi connectivity index (χ1n) is 4.07. The summed E-state index contributed by atoms with van der Waals surface area (Å²) in [4.78, 5) is 4.17. The van der Waals surface area contributed by atoms with E-state index in [2.05, 4.69) is 4.98 Å². The minimum atomic E-state index is -4.95. The predicted molar refractivity (Wildman–Crippen MR) is 54.7 cm³/mol. The summed E-state index contributed by atoms with van der Waals surface area (Å²) in [6, 6.07) is 2.88. The van der Waals surface area contributed by atoms with Crippen LogP contribution in [-0.2, 0) is 10.8 Å². The summed E-state index contributed by atoms with van der Waals surface area (Å²) in [6.45, 7) is -4.95. The van der Waals surface area contributed by atoms with E-state index in [0.29, 0.717) is 4.90 Å². The third-order valence-electron chi connectivity index (χ3n) is 1.57. The number of aromatic nitrogens is 1. The van der Waals surface area contributed by atoms with E-state index >= 15 is 0 Å². The molecule has 1 unspecified atom stereocenters. The molecule has 0 spiro atoms. The molecule has 0 fully saturated rings. The zero-order valence-corrected chi connectivity index (χ0v) is 12.8. The number of rotatable bonds is 3. The van der Waals surface area contributed by atoms with Crippen LogP contribution in [-0.4, -0.2) is 22.4 Å². The normalized spacial score (nSPS) is 13.5. The van der Waals surface area contributed by atoms with E-state index in [1.807, 2.05) is 0 Å². The van der Waals surface area contributed by atoms with Crippen LogP contribution in [0, 0.1) is 0 Å². The summed E-state index contributed by atoms with van der Waals surface area (Å²) in [5, 5.41) is 0. The van der Waals surface area contributed by atoms with E-state index in [0.717, 1.165) is 6.08 Å². The van der Waals surface area contributed by atoms with Gasteiger partial charge in [0.25, 0.3) is 0 Å². The van der Waals surface area contributed by atoms with Crippen molar-refractivity contribution in [2.45, 2.75) is 4.90 Å². The van der Waals surface area contributed by atoms with Crippen LogP contribution in [0.1, 0.15) is 5.69 Å². The zero-order valence-electron chi connectivity index (χ0n) is 8.86. The summed E-state index contributed by atoms with van der Waals surface area (Å²) < 4.78 is 46.7. The molecule has 0 aromatic carbocycles. The summed E-state index contributed by atoms with van der Waals surface area (Å²) in [5.41, 5.74) is 0.155. The standard InChI is InChI=1S/C8H8BF3NOS.K/c1-15(14)8-3-5-13-7(6-8)2-4-9(10,11)12;/h2-6H,1H3;/q-1;+1/b4-2+;. The molecule has 1 aromatic heterocycles. The van der Waals surface area contributed by atoms with E-state index in [1.165, 1.54) is 24.6 Å². The molecule has 82 valence electrons. The van der Waals surface area contributed by atoms with Crippen LogP contribution in [0.2, 0.25) is 0 Å². The second-order valence-electron chi connectivity index (χ2n) is 2.86. The third-order valence-corrected chi connectivity index (χ3v) is 2.49. The molecule has 1 heterocycles. The maximum Gasteiger partial charge on any atom is 1.00 e. The van der Waals surface area contributed by atoms with Gasteiger partial charge in [-0.3, -0.25) is 9.19 Å². The molecular weight excluding hydrogens is 265 g/mol. The van der Waals surface area contributed by atoms with Crippen LogP contribution in [0.25, 0.3) is 6.08 Å². The largest absolute Gasteiger partial charge is 1.00 e. The third kappa shape index (κ3) is 6.31. The van der Waals surface area contributed by atoms with Crippen molar-refractivity contribution in [3.05, 3.63) is 30.0 Å². The van der Waals surface area contributed by atoms with E-state index in [9.17, 15) is 17.2 Å². The molecule has 8 heteroatoms. The molecule has 0 saturated carbocycles. The number of pyridine rings is 1. The Balaban J connectivity index is 0.00000225. The zero-order chi connectivity index (χ0) is 11.5. The van der Waals surface area contributed by atoms with E-state index in [-0.39, 0.29) is 63.1 Å². The van der Waals surface area contributed by atoms with Crippen molar-refractivity contribution in [3.63, 3.8) is 0 Å². The number of nitrogens with zero attached hydrogens (tertiary/aromatic N) is 1. The van der Waals surface area contributed by atoms with Crippen LogP contribution >= 0.6 is 0 Å². The second kappa shape index (κ2) is 7.07. The van der Waals surface area contributed by atoms with Crippen molar-refractivity contribution in [2.75, 3.05) is 6.26 Å². The summed E-state index contributed by atoms with van der Waals surface area (Å²) in [6.07, 6.45) is 3.66. The van der Waals surface area contributed by atoms with Gasteiger partial charge in [0.15, 0.2) is 0 Å². The van der Waals surface area contributed by atoms with Gasteiger partial charge in [-0.1, -0.05) is 6.08 Å². The van der Waals surface area contributed by atoms with Crippen molar-refractivity contribution >= 4 is 23.9 Å². The van der Waals surface area contributed by atoms with E-state index < -0.39 is 17.8 Å². The Morgan fingerprint density at radius 1 is 1.44 bits per heavy atom. The predicted octanol–water partition coefficient (Wildman–Crippen LogP) is -0.777. The van der Waals surface area contributed by atoms with Gasteiger partial charge >= 0.3 is 58.4 Å². The Morgan fingerprint density at radius 2 is 2.06 bits per heavy atom. The van der Waals surface area contributed by atoms with E-state index in [4.69, 9.17) is 0 Å². The molecule has 1 atom stereocenters. The molecule has 0 aliphatic heterocycles. The van der Waals surface area contributed by atoms with Crippen molar-refractivity contribution in [1.29, 1.82) is 0 Å². The SMILES string of the molecule is CS(=O)c1ccnc(/C=C/[B-](F)(F)F)c1.[K+].